The zero-order valence-electron chi connectivity index (χ0n) is 17.3. The number of ether oxygens (including phenoxy) is 2. The second-order valence-corrected chi connectivity index (χ2v) is 8.95. The van der Waals surface area contributed by atoms with E-state index >= 15 is 0 Å². The summed E-state index contributed by atoms with van der Waals surface area (Å²) < 4.78 is 38.0. The lowest BCUT2D eigenvalue weighted by Gasteiger charge is -2.22. The number of hydrogen-bond donors (Lipinski definition) is 2. The van der Waals surface area contributed by atoms with Crippen LogP contribution in [0.4, 0.5) is 0 Å². The molecule has 168 valence electrons. The molecule has 2 aromatic rings. The molecule has 0 atom stereocenters. The van der Waals surface area contributed by atoms with Gasteiger partial charge in [0.15, 0.2) is 5.96 Å². The van der Waals surface area contributed by atoms with Gasteiger partial charge in [0.2, 0.25) is 10.0 Å². The Labute approximate surface area is 199 Å². The number of guanidine groups is 1. The van der Waals surface area contributed by atoms with Gasteiger partial charge in [-0.3, -0.25) is 4.99 Å². The van der Waals surface area contributed by atoms with Gasteiger partial charge in [-0.05, 0) is 42.6 Å². The Morgan fingerprint density at radius 2 is 1.90 bits per heavy atom. The maximum atomic E-state index is 12.1. The molecule has 0 aliphatic rings. The van der Waals surface area contributed by atoms with Gasteiger partial charge in [-0.2, -0.15) is 0 Å². The van der Waals surface area contributed by atoms with Crippen molar-refractivity contribution in [3.05, 3.63) is 41.8 Å². The fourth-order valence-electron chi connectivity index (χ4n) is 2.38. The van der Waals surface area contributed by atoms with E-state index in [1.165, 1.54) is 11.3 Å². The predicted octanol–water partition coefficient (Wildman–Crippen LogP) is 2.63. The van der Waals surface area contributed by atoms with Crippen molar-refractivity contribution in [2.24, 2.45) is 4.99 Å². The Balaban J connectivity index is 0.00000450. The zero-order valence-corrected chi connectivity index (χ0v) is 21.3. The number of sulfonamides is 1. The molecule has 0 spiro atoms. The summed E-state index contributed by atoms with van der Waals surface area (Å²) in [5.74, 6) is 2.25. The van der Waals surface area contributed by atoms with Crippen LogP contribution in [-0.4, -0.2) is 66.2 Å². The van der Waals surface area contributed by atoms with Gasteiger partial charge in [0.25, 0.3) is 0 Å². The molecule has 0 radical (unpaired) electrons. The molecule has 0 aliphatic heterocycles. The Hall–Kier alpha value is -1.57. The van der Waals surface area contributed by atoms with Gasteiger partial charge in [0, 0.05) is 20.1 Å². The van der Waals surface area contributed by atoms with Gasteiger partial charge in [-0.15, -0.1) is 35.3 Å². The van der Waals surface area contributed by atoms with Crippen LogP contribution in [0.1, 0.15) is 6.92 Å². The van der Waals surface area contributed by atoms with Crippen molar-refractivity contribution in [3.8, 4) is 11.5 Å². The van der Waals surface area contributed by atoms with Gasteiger partial charge in [0.1, 0.15) is 22.3 Å². The molecule has 30 heavy (non-hydrogen) atoms. The molecule has 0 saturated heterocycles. The normalized spacial score (nSPS) is 11.5. The minimum atomic E-state index is -3.46. The first-order valence-corrected chi connectivity index (χ1v) is 11.6. The first-order chi connectivity index (χ1) is 14.0. The summed E-state index contributed by atoms with van der Waals surface area (Å²) >= 11 is 1.19. The number of aliphatic imine (C=N–C) groups is 1. The highest BCUT2D eigenvalue weighted by atomic mass is 127. The minimum absolute atomic E-state index is 0. The van der Waals surface area contributed by atoms with Gasteiger partial charge >= 0.3 is 0 Å². The summed E-state index contributed by atoms with van der Waals surface area (Å²) in [4.78, 5) is 6.43. The average molecular weight is 569 g/mol. The van der Waals surface area contributed by atoms with Crippen LogP contribution in [0.3, 0.4) is 0 Å². The number of nitrogens with zero attached hydrogens (tertiary/aromatic N) is 2. The van der Waals surface area contributed by atoms with E-state index in [0.29, 0.717) is 36.4 Å². The lowest BCUT2D eigenvalue weighted by atomic mass is 10.3. The quantitative estimate of drug-likeness (QED) is 0.188. The van der Waals surface area contributed by atoms with E-state index in [9.17, 15) is 8.42 Å². The van der Waals surface area contributed by atoms with Crippen molar-refractivity contribution in [2.75, 3.05) is 46.9 Å². The molecular formula is C19H29IN4O4S2. The van der Waals surface area contributed by atoms with Crippen molar-refractivity contribution in [3.63, 3.8) is 0 Å². The highest BCUT2D eigenvalue weighted by Crippen LogP contribution is 2.17. The molecule has 2 N–H and O–H groups in total. The molecule has 0 saturated carbocycles. The van der Waals surface area contributed by atoms with Crippen LogP contribution >= 0.6 is 35.3 Å². The van der Waals surface area contributed by atoms with Gasteiger partial charge in [-0.25, -0.2) is 13.1 Å². The summed E-state index contributed by atoms with van der Waals surface area (Å²) in [6.07, 6.45) is 0. The van der Waals surface area contributed by atoms with Crippen LogP contribution in [0.5, 0.6) is 11.5 Å². The van der Waals surface area contributed by atoms with Crippen molar-refractivity contribution < 1.29 is 17.9 Å². The maximum Gasteiger partial charge on any atom is 0.250 e. The summed E-state index contributed by atoms with van der Waals surface area (Å²) in [6, 6.07) is 10.7. The van der Waals surface area contributed by atoms with Crippen LogP contribution in [-0.2, 0) is 10.0 Å². The van der Waals surface area contributed by atoms with E-state index in [1.807, 2.05) is 43.1 Å². The number of methoxy groups -OCH3 is 1. The first-order valence-electron chi connectivity index (χ1n) is 9.25. The second-order valence-electron chi connectivity index (χ2n) is 6.01. The van der Waals surface area contributed by atoms with E-state index in [-0.39, 0.29) is 30.5 Å². The van der Waals surface area contributed by atoms with Gasteiger partial charge < -0.3 is 19.7 Å². The highest BCUT2D eigenvalue weighted by Gasteiger charge is 2.14. The highest BCUT2D eigenvalue weighted by molar-refractivity contribution is 14.0. The van der Waals surface area contributed by atoms with Crippen molar-refractivity contribution in [1.29, 1.82) is 0 Å². The third-order valence-electron chi connectivity index (χ3n) is 3.88. The maximum absolute atomic E-state index is 12.1. The van der Waals surface area contributed by atoms with Crippen LogP contribution in [0.2, 0.25) is 0 Å². The number of nitrogens with one attached hydrogen (secondary N) is 2. The molecule has 1 heterocycles. The topological polar surface area (TPSA) is 92.3 Å². The summed E-state index contributed by atoms with van der Waals surface area (Å²) in [5.41, 5.74) is 0. The monoisotopic (exact) mass is 568 g/mol. The number of likely N-dealkylation sites (N-methyl/N-ethyl adjacent to an activating group) is 1. The summed E-state index contributed by atoms with van der Waals surface area (Å²) in [5, 5.41) is 4.94. The van der Waals surface area contributed by atoms with Crippen molar-refractivity contribution in [2.45, 2.75) is 11.1 Å². The fourth-order valence-corrected chi connectivity index (χ4v) is 4.44. The standard InChI is InChI=1S/C19H28N4O4S2.HI/c1-4-20-19(21-11-12-22-29(24,25)18-6-5-15-28-18)23(2)13-14-27-17-9-7-16(26-3)8-10-17;/h5-10,15,22H,4,11-14H2,1-3H3,(H,20,21);1H. The van der Waals surface area contributed by atoms with Crippen molar-refractivity contribution >= 4 is 51.3 Å². The summed E-state index contributed by atoms with van der Waals surface area (Å²) in [7, 11) is 0.0750. The third kappa shape index (κ3) is 8.66. The number of rotatable bonds is 11. The van der Waals surface area contributed by atoms with E-state index in [4.69, 9.17) is 9.47 Å². The lowest BCUT2D eigenvalue weighted by molar-refractivity contribution is 0.281. The second kappa shape index (κ2) is 13.7. The van der Waals surface area contributed by atoms with E-state index in [2.05, 4.69) is 15.0 Å². The molecule has 1 aromatic heterocycles. The fraction of sp³-hybridized carbons (Fsp3) is 0.421. The zero-order chi connectivity index (χ0) is 21.1. The molecule has 1 aromatic carbocycles. The molecule has 2 rings (SSSR count). The van der Waals surface area contributed by atoms with Crippen LogP contribution in [0.15, 0.2) is 51.0 Å². The van der Waals surface area contributed by atoms with Crippen molar-refractivity contribution in [1.82, 2.24) is 14.9 Å². The molecule has 0 amide bonds. The molecule has 0 bridgehead atoms. The van der Waals surface area contributed by atoms with Gasteiger partial charge in [-0.1, -0.05) is 6.07 Å². The Kier molecular flexibility index (Phi) is 12.1. The Bertz CT molecular complexity index is 859. The number of halogens is 1. The molecule has 11 heteroatoms. The van der Waals surface area contributed by atoms with Crippen LogP contribution < -0.4 is 19.5 Å². The van der Waals surface area contributed by atoms with Crippen LogP contribution in [0.25, 0.3) is 0 Å². The molecule has 0 aliphatic carbocycles. The lowest BCUT2D eigenvalue weighted by Crippen LogP contribution is -2.41. The number of thiophene rings is 1. The van der Waals surface area contributed by atoms with Gasteiger partial charge in [0.05, 0.1) is 20.2 Å². The summed E-state index contributed by atoms with van der Waals surface area (Å²) in [6.45, 7) is 4.36. The van der Waals surface area contributed by atoms with Crippen LogP contribution in [0, 0.1) is 0 Å². The average Bonchev–Trinajstić information content (AvgIpc) is 3.26. The number of hydrogen-bond acceptors (Lipinski definition) is 6. The number of benzene rings is 1. The molecule has 0 fully saturated rings. The smallest absolute Gasteiger partial charge is 0.250 e. The first kappa shape index (κ1) is 26.5. The molecule has 8 nitrogen and oxygen atoms in total. The van der Waals surface area contributed by atoms with E-state index in [0.717, 1.165) is 11.5 Å². The molecular weight excluding hydrogens is 539 g/mol. The predicted molar refractivity (Wildman–Crippen MR) is 132 cm³/mol. The minimum Gasteiger partial charge on any atom is -0.497 e. The largest absolute Gasteiger partial charge is 0.497 e. The van der Waals surface area contributed by atoms with E-state index in [1.54, 1.807) is 24.6 Å². The third-order valence-corrected chi connectivity index (χ3v) is 6.74. The Morgan fingerprint density at radius 1 is 1.20 bits per heavy atom. The molecule has 0 unspecified atom stereocenters. The SMILES string of the molecule is CCNC(=NCCNS(=O)(=O)c1cccs1)N(C)CCOc1ccc(OC)cc1.I. The Morgan fingerprint density at radius 3 is 2.50 bits per heavy atom. The van der Waals surface area contributed by atoms with E-state index < -0.39 is 10.0 Å².